The molecule has 0 fully saturated rings. The van der Waals surface area contributed by atoms with Gasteiger partial charge in [0.1, 0.15) is 17.8 Å². The molecule has 5 nitrogen and oxygen atoms in total. The molecule has 2 rings (SSSR count). The Bertz CT molecular complexity index is 507. The van der Waals surface area contributed by atoms with Gasteiger partial charge in [-0.15, -0.1) is 0 Å². The number of hydrogen-bond donors (Lipinski definition) is 1. The standard InChI is InChI=1S/C9H4N4O/c10-3-6-1-8-9(2-7(6)4-11)13(14)5-12-8/h1-2,5,13H. The average Bonchev–Trinajstić information content (AvgIpc) is 2.58. The summed E-state index contributed by atoms with van der Waals surface area (Å²) in [6, 6.07) is 6.61. The second-order valence-electron chi connectivity index (χ2n) is 2.76. The van der Waals surface area contributed by atoms with E-state index in [2.05, 4.69) is 4.99 Å². The van der Waals surface area contributed by atoms with Crippen molar-refractivity contribution >= 4 is 17.7 Å². The van der Waals surface area contributed by atoms with Crippen molar-refractivity contribution in [2.24, 2.45) is 4.99 Å². The van der Waals surface area contributed by atoms with E-state index < -0.39 is 0 Å². The summed E-state index contributed by atoms with van der Waals surface area (Å²) in [5.41, 5.74) is 1.31. The van der Waals surface area contributed by atoms with Crippen LogP contribution in [0.3, 0.4) is 0 Å². The van der Waals surface area contributed by atoms with Crippen LogP contribution < -0.4 is 5.06 Å². The van der Waals surface area contributed by atoms with Crippen molar-refractivity contribution in [1.82, 2.24) is 0 Å². The molecule has 1 aromatic carbocycles. The molecule has 66 valence electrons. The molecule has 14 heavy (non-hydrogen) atoms. The van der Waals surface area contributed by atoms with Gasteiger partial charge in [0.2, 0.25) is 0 Å². The lowest BCUT2D eigenvalue weighted by atomic mass is 10.1. The molecule has 0 bridgehead atoms. The van der Waals surface area contributed by atoms with Crippen LogP contribution in [0.15, 0.2) is 17.1 Å². The molecule has 0 amide bonds. The molecule has 0 saturated heterocycles. The molecule has 1 unspecified atom stereocenters. The van der Waals surface area contributed by atoms with Crippen molar-refractivity contribution in [3.05, 3.63) is 28.5 Å². The van der Waals surface area contributed by atoms with E-state index in [1.165, 1.54) is 18.5 Å². The monoisotopic (exact) mass is 184 g/mol. The number of nitrogens with one attached hydrogen (secondary N) is 1. The summed E-state index contributed by atoms with van der Waals surface area (Å²) in [6.45, 7) is 0. The molecule has 0 saturated carbocycles. The molecule has 1 atom stereocenters. The molecule has 5 heteroatoms. The predicted octanol–water partition coefficient (Wildman–Crippen LogP) is 0.118. The van der Waals surface area contributed by atoms with E-state index in [9.17, 15) is 5.21 Å². The highest BCUT2D eigenvalue weighted by Gasteiger charge is 2.18. The number of benzene rings is 1. The maximum Gasteiger partial charge on any atom is 0.194 e. The molecule has 0 spiro atoms. The third-order valence-electron chi connectivity index (χ3n) is 1.96. The van der Waals surface area contributed by atoms with E-state index in [0.29, 0.717) is 11.4 Å². The van der Waals surface area contributed by atoms with Crippen LogP contribution in [0.4, 0.5) is 11.4 Å². The van der Waals surface area contributed by atoms with Gasteiger partial charge in [-0.3, -0.25) is 5.06 Å². The maximum absolute atomic E-state index is 11.2. The van der Waals surface area contributed by atoms with Crippen LogP contribution in [0.25, 0.3) is 0 Å². The minimum absolute atomic E-state index is 0.213. The van der Waals surface area contributed by atoms with Crippen LogP contribution in [0, 0.1) is 27.9 Å². The van der Waals surface area contributed by atoms with Crippen molar-refractivity contribution in [1.29, 1.82) is 10.5 Å². The number of hydroxylamine groups is 1. The first kappa shape index (κ1) is 8.39. The fraction of sp³-hybridized carbons (Fsp3) is 0. The quantitative estimate of drug-likeness (QED) is 0.581. The van der Waals surface area contributed by atoms with Gasteiger partial charge < -0.3 is 5.21 Å². The summed E-state index contributed by atoms with van der Waals surface area (Å²) >= 11 is 0. The zero-order chi connectivity index (χ0) is 10.1. The van der Waals surface area contributed by atoms with Crippen LogP contribution in [-0.2, 0) is 0 Å². The normalized spacial score (nSPS) is 17.2. The van der Waals surface area contributed by atoms with Crippen molar-refractivity contribution in [3.63, 3.8) is 0 Å². The molecule has 0 aliphatic carbocycles. The van der Waals surface area contributed by atoms with E-state index in [1.807, 2.05) is 12.1 Å². The predicted molar refractivity (Wildman–Crippen MR) is 48.0 cm³/mol. The number of fused-ring (bicyclic) bond motifs is 1. The van der Waals surface area contributed by atoms with Gasteiger partial charge in [-0.25, -0.2) is 0 Å². The first-order chi connectivity index (χ1) is 6.76. The zero-order valence-corrected chi connectivity index (χ0v) is 6.98. The Balaban J connectivity index is 2.68. The van der Waals surface area contributed by atoms with Gasteiger partial charge in [0.25, 0.3) is 0 Å². The molecule has 1 aliphatic rings. The SMILES string of the molecule is N#Cc1cc2c(cc1C#N)[NH+]([O-])C=N2. The highest BCUT2D eigenvalue weighted by atomic mass is 16.5. The molecule has 1 aromatic rings. The second-order valence-corrected chi connectivity index (χ2v) is 2.76. The number of hydrogen-bond acceptors (Lipinski definition) is 4. The molecule has 1 N–H and O–H groups in total. The van der Waals surface area contributed by atoms with Gasteiger partial charge in [0.05, 0.1) is 11.1 Å². The summed E-state index contributed by atoms with van der Waals surface area (Å²) in [5, 5.41) is 28.4. The van der Waals surface area contributed by atoms with Gasteiger partial charge in [0, 0.05) is 6.07 Å². The van der Waals surface area contributed by atoms with Crippen LogP contribution in [-0.4, -0.2) is 6.34 Å². The zero-order valence-electron chi connectivity index (χ0n) is 6.98. The largest absolute Gasteiger partial charge is 0.623 e. The van der Waals surface area contributed by atoms with E-state index in [0.717, 1.165) is 0 Å². The third-order valence-corrected chi connectivity index (χ3v) is 1.96. The first-order valence-electron chi connectivity index (χ1n) is 3.83. The third kappa shape index (κ3) is 1.05. The highest BCUT2D eigenvalue weighted by Crippen LogP contribution is 2.27. The number of nitriles is 2. The van der Waals surface area contributed by atoms with Crippen LogP contribution >= 0.6 is 0 Å². The van der Waals surface area contributed by atoms with Crippen molar-refractivity contribution in [2.75, 3.05) is 0 Å². The Labute approximate surface area is 79.7 Å². The van der Waals surface area contributed by atoms with Crippen molar-refractivity contribution in [3.8, 4) is 12.1 Å². The number of nitrogens with zero attached hydrogens (tertiary/aromatic N) is 3. The van der Waals surface area contributed by atoms with Crippen LogP contribution in [0.1, 0.15) is 11.1 Å². The van der Waals surface area contributed by atoms with E-state index in [-0.39, 0.29) is 16.2 Å². The van der Waals surface area contributed by atoms with Gasteiger partial charge in [0.15, 0.2) is 12.0 Å². The average molecular weight is 184 g/mol. The minimum atomic E-state index is -0.221. The summed E-state index contributed by atoms with van der Waals surface area (Å²) in [4.78, 5) is 3.83. The maximum atomic E-state index is 11.2. The fourth-order valence-corrected chi connectivity index (χ4v) is 1.28. The molecule has 1 aliphatic heterocycles. The molecule has 0 radical (unpaired) electrons. The lowest BCUT2D eigenvalue weighted by molar-refractivity contribution is -0.655. The highest BCUT2D eigenvalue weighted by molar-refractivity contribution is 5.75. The van der Waals surface area contributed by atoms with Crippen LogP contribution in [0.5, 0.6) is 0 Å². The van der Waals surface area contributed by atoms with E-state index >= 15 is 0 Å². The summed E-state index contributed by atoms with van der Waals surface area (Å²) in [7, 11) is 0. The van der Waals surface area contributed by atoms with Gasteiger partial charge in [-0.2, -0.15) is 15.5 Å². The van der Waals surface area contributed by atoms with Crippen molar-refractivity contribution in [2.45, 2.75) is 0 Å². The number of quaternary nitrogens is 1. The fourth-order valence-electron chi connectivity index (χ4n) is 1.28. The first-order valence-corrected chi connectivity index (χ1v) is 3.83. The number of rotatable bonds is 0. The Hall–Kier alpha value is -2.21. The van der Waals surface area contributed by atoms with Gasteiger partial charge in [-0.05, 0) is 6.07 Å². The van der Waals surface area contributed by atoms with E-state index in [4.69, 9.17) is 10.5 Å². The van der Waals surface area contributed by atoms with E-state index in [1.54, 1.807) is 0 Å². The molecule has 1 heterocycles. The smallest absolute Gasteiger partial charge is 0.194 e. The van der Waals surface area contributed by atoms with Crippen molar-refractivity contribution < 1.29 is 5.06 Å². The minimum Gasteiger partial charge on any atom is -0.623 e. The summed E-state index contributed by atoms with van der Waals surface area (Å²) < 4.78 is 0. The summed E-state index contributed by atoms with van der Waals surface area (Å²) in [5.74, 6) is 0. The Morgan fingerprint density at radius 3 is 2.50 bits per heavy atom. The lowest BCUT2D eigenvalue weighted by Gasteiger charge is -2.11. The molecule has 0 aromatic heterocycles. The Morgan fingerprint density at radius 1 is 1.21 bits per heavy atom. The summed E-state index contributed by atoms with van der Waals surface area (Å²) in [6.07, 6.45) is 1.19. The van der Waals surface area contributed by atoms with Gasteiger partial charge >= 0.3 is 0 Å². The topological polar surface area (TPSA) is 87.4 Å². The Kier molecular flexibility index (Phi) is 1.76. The number of aliphatic imine (C=N–C) groups is 1. The second kappa shape index (κ2) is 2.93. The van der Waals surface area contributed by atoms with Gasteiger partial charge in [-0.1, -0.05) is 0 Å². The lowest BCUT2D eigenvalue weighted by Crippen LogP contribution is -2.99. The Morgan fingerprint density at radius 2 is 1.86 bits per heavy atom. The molecular weight excluding hydrogens is 180 g/mol. The van der Waals surface area contributed by atoms with Crippen LogP contribution in [0.2, 0.25) is 0 Å². The molecular formula is C9H4N4O.